The smallest absolute Gasteiger partial charge is 0.245 e. The average Bonchev–Trinajstić information content (AvgIpc) is 2.15. The summed E-state index contributed by atoms with van der Waals surface area (Å²) in [5.74, 6) is -0.111. The predicted molar refractivity (Wildman–Crippen MR) is 43.9 cm³/mol. The largest absolute Gasteiger partial charge is 0.377 e. The molecule has 0 aromatic heterocycles. The van der Waals surface area contributed by atoms with Crippen LogP contribution in [0, 0.1) is 0 Å². The Labute approximate surface area is 76.0 Å². The highest BCUT2D eigenvalue weighted by atomic mass is 16.5. The van der Waals surface area contributed by atoms with E-state index >= 15 is 0 Å². The van der Waals surface area contributed by atoms with E-state index in [-0.39, 0.29) is 17.9 Å². The zero-order chi connectivity index (χ0) is 9.42. The second-order valence-electron chi connectivity index (χ2n) is 3.35. The van der Waals surface area contributed by atoms with Gasteiger partial charge in [-0.05, 0) is 6.92 Å². The zero-order valence-corrected chi connectivity index (χ0v) is 7.45. The maximum absolute atomic E-state index is 11.6. The molecule has 0 aliphatic carbocycles. The van der Waals surface area contributed by atoms with Crippen LogP contribution in [0.5, 0.6) is 0 Å². The Bertz CT molecular complexity index is 254. The molecule has 1 N–H and O–H groups in total. The lowest BCUT2D eigenvalue weighted by Gasteiger charge is -2.40. The van der Waals surface area contributed by atoms with Crippen molar-refractivity contribution in [1.82, 2.24) is 10.2 Å². The third-order valence-electron chi connectivity index (χ3n) is 2.44. The first-order chi connectivity index (χ1) is 6.20. The number of amides is 2. The summed E-state index contributed by atoms with van der Waals surface area (Å²) in [5.41, 5.74) is 0. The van der Waals surface area contributed by atoms with Gasteiger partial charge >= 0.3 is 0 Å². The fraction of sp³-hybridized carbons (Fsp3) is 0.750. The van der Waals surface area contributed by atoms with E-state index in [0.29, 0.717) is 19.8 Å². The van der Waals surface area contributed by atoms with Gasteiger partial charge in [-0.2, -0.15) is 0 Å². The van der Waals surface area contributed by atoms with Crippen molar-refractivity contribution in [2.24, 2.45) is 0 Å². The molecule has 2 aliphatic rings. The van der Waals surface area contributed by atoms with E-state index in [0.717, 1.165) is 0 Å². The average molecular weight is 184 g/mol. The zero-order valence-electron chi connectivity index (χ0n) is 7.45. The fourth-order valence-electron chi connectivity index (χ4n) is 1.70. The van der Waals surface area contributed by atoms with Crippen LogP contribution in [0.15, 0.2) is 0 Å². The molecule has 2 aliphatic heterocycles. The molecule has 72 valence electrons. The molecular formula is C8H12N2O3. The number of piperazine rings is 1. The van der Waals surface area contributed by atoms with Crippen LogP contribution in [0.2, 0.25) is 0 Å². The Morgan fingerprint density at radius 1 is 1.54 bits per heavy atom. The lowest BCUT2D eigenvalue weighted by atomic mass is 10.1. The maximum atomic E-state index is 11.6. The Morgan fingerprint density at radius 3 is 3.08 bits per heavy atom. The highest BCUT2D eigenvalue weighted by molar-refractivity contribution is 5.96. The minimum absolute atomic E-state index is 0.00657. The highest BCUT2D eigenvalue weighted by Gasteiger charge is 2.40. The van der Waals surface area contributed by atoms with E-state index in [4.69, 9.17) is 4.74 Å². The summed E-state index contributed by atoms with van der Waals surface area (Å²) in [6.45, 7) is 3.08. The molecule has 2 atom stereocenters. The van der Waals surface area contributed by atoms with Crippen molar-refractivity contribution in [3.05, 3.63) is 0 Å². The maximum Gasteiger partial charge on any atom is 0.245 e. The quantitative estimate of drug-likeness (QED) is 0.511. The summed E-state index contributed by atoms with van der Waals surface area (Å²) in [7, 11) is 0. The standard InChI is InChI=1S/C8H12N2O3/c1-5-8(12)10-2-3-13-4-6(10)7(11)9-5/h5-6H,2-4H2,1H3,(H,9,11)/t5-,6?/m1/s1. The number of nitrogens with one attached hydrogen (secondary N) is 1. The molecule has 2 fully saturated rings. The van der Waals surface area contributed by atoms with Crippen molar-refractivity contribution < 1.29 is 14.3 Å². The summed E-state index contributed by atoms with van der Waals surface area (Å²) in [5, 5.41) is 2.62. The molecule has 2 amide bonds. The summed E-state index contributed by atoms with van der Waals surface area (Å²) >= 11 is 0. The normalized spacial score (nSPS) is 34.1. The minimum atomic E-state index is -0.405. The van der Waals surface area contributed by atoms with E-state index in [1.807, 2.05) is 0 Å². The van der Waals surface area contributed by atoms with Gasteiger partial charge in [-0.15, -0.1) is 0 Å². The van der Waals surface area contributed by atoms with Crippen molar-refractivity contribution in [1.29, 1.82) is 0 Å². The van der Waals surface area contributed by atoms with Gasteiger partial charge in [0.1, 0.15) is 12.1 Å². The van der Waals surface area contributed by atoms with Crippen molar-refractivity contribution in [3.8, 4) is 0 Å². The molecule has 5 heteroatoms. The van der Waals surface area contributed by atoms with Crippen LogP contribution in [-0.2, 0) is 14.3 Å². The summed E-state index contributed by atoms with van der Waals surface area (Å²) in [4.78, 5) is 24.6. The predicted octanol–water partition coefficient (Wildman–Crippen LogP) is -1.27. The van der Waals surface area contributed by atoms with Crippen LogP contribution in [0.4, 0.5) is 0 Å². The number of hydrogen-bond donors (Lipinski definition) is 1. The number of nitrogens with zero attached hydrogens (tertiary/aromatic N) is 1. The number of ether oxygens (including phenoxy) is 1. The molecule has 2 heterocycles. The van der Waals surface area contributed by atoms with E-state index in [1.165, 1.54) is 0 Å². The lowest BCUT2D eigenvalue weighted by molar-refractivity contribution is -0.156. The molecule has 0 aromatic rings. The molecule has 1 unspecified atom stereocenters. The number of hydrogen-bond acceptors (Lipinski definition) is 3. The fourth-order valence-corrected chi connectivity index (χ4v) is 1.70. The molecule has 0 radical (unpaired) electrons. The van der Waals surface area contributed by atoms with Gasteiger partial charge in [-0.3, -0.25) is 9.59 Å². The van der Waals surface area contributed by atoms with Gasteiger partial charge in [0.05, 0.1) is 13.2 Å². The number of fused-ring (bicyclic) bond motifs is 1. The summed E-state index contributed by atoms with van der Waals surface area (Å²) in [6, 6.07) is -0.792. The monoisotopic (exact) mass is 184 g/mol. The highest BCUT2D eigenvalue weighted by Crippen LogP contribution is 2.13. The van der Waals surface area contributed by atoms with Crippen LogP contribution in [0.1, 0.15) is 6.92 Å². The molecule has 2 rings (SSSR count). The van der Waals surface area contributed by atoms with Gasteiger partial charge in [0.2, 0.25) is 11.8 Å². The first kappa shape index (κ1) is 8.50. The van der Waals surface area contributed by atoms with Gasteiger partial charge < -0.3 is 15.0 Å². The molecule has 0 saturated carbocycles. The van der Waals surface area contributed by atoms with Crippen LogP contribution in [0.25, 0.3) is 0 Å². The van der Waals surface area contributed by atoms with Crippen molar-refractivity contribution in [2.45, 2.75) is 19.0 Å². The molecule has 2 saturated heterocycles. The van der Waals surface area contributed by atoms with E-state index in [2.05, 4.69) is 5.32 Å². The van der Waals surface area contributed by atoms with Crippen LogP contribution >= 0.6 is 0 Å². The van der Waals surface area contributed by atoms with Gasteiger partial charge in [-0.1, -0.05) is 0 Å². The molecule has 5 nitrogen and oxygen atoms in total. The second-order valence-corrected chi connectivity index (χ2v) is 3.35. The third-order valence-corrected chi connectivity index (χ3v) is 2.44. The Kier molecular flexibility index (Phi) is 1.95. The van der Waals surface area contributed by atoms with Gasteiger partial charge in [0, 0.05) is 6.54 Å². The molecule has 0 bridgehead atoms. The van der Waals surface area contributed by atoms with Crippen molar-refractivity contribution in [2.75, 3.05) is 19.8 Å². The molecule has 13 heavy (non-hydrogen) atoms. The number of rotatable bonds is 0. The van der Waals surface area contributed by atoms with Gasteiger partial charge in [0.15, 0.2) is 0 Å². The SMILES string of the molecule is C[C@H]1NC(=O)C2COCCN2C1=O. The van der Waals surface area contributed by atoms with Gasteiger partial charge in [-0.25, -0.2) is 0 Å². The number of morpholine rings is 1. The van der Waals surface area contributed by atoms with Gasteiger partial charge in [0.25, 0.3) is 0 Å². The number of carbonyl (C=O) groups is 2. The Morgan fingerprint density at radius 2 is 2.31 bits per heavy atom. The molecule has 0 aromatic carbocycles. The van der Waals surface area contributed by atoms with Crippen LogP contribution < -0.4 is 5.32 Å². The van der Waals surface area contributed by atoms with E-state index in [9.17, 15) is 9.59 Å². The lowest BCUT2D eigenvalue weighted by Crippen LogP contribution is -2.65. The molecule has 0 spiro atoms. The summed E-state index contributed by atoms with van der Waals surface area (Å²) in [6.07, 6.45) is 0. The Balaban J connectivity index is 2.19. The van der Waals surface area contributed by atoms with Crippen molar-refractivity contribution >= 4 is 11.8 Å². The van der Waals surface area contributed by atoms with Crippen molar-refractivity contribution in [3.63, 3.8) is 0 Å². The summed E-state index contributed by atoms with van der Waals surface area (Å²) < 4.78 is 5.14. The number of carbonyl (C=O) groups excluding carboxylic acids is 2. The second kappa shape index (κ2) is 2.99. The Hall–Kier alpha value is -1.10. The van der Waals surface area contributed by atoms with Crippen LogP contribution in [0.3, 0.4) is 0 Å². The van der Waals surface area contributed by atoms with E-state index in [1.54, 1.807) is 11.8 Å². The first-order valence-electron chi connectivity index (χ1n) is 4.39. The topological polar surface area (TPSA) is 58.6 Å². The van der Waals surface area contributed by atoms with Crippen LogP contribution in [-0.4, -0.2) is 48.6 Å². The third kappa shape index (κ3) is 1.29. The first-order valence-corrected chi connectivity index (χ1v) is 4.39. The van der Waals surface area contributed by atoms with E-state index < -0.39 is 6.04 Å². The minimum Gasteiger partial charge on any atom is -0.377 e. The molecular weight excluding hydrogens is 172 g/mol.